The lowest BCUT2D eigenvalue weighted by Gasteiger charge is -2.33. The third-order valence-corrected chi connectivity index (χ3v) is 12.7. The van der Waals surface area contributed by atoms with Crippen LogP contribution in [0.5, 0.6) is 0 Å². The molecule has 3 aromatic carbocycles. The summed E-state index contributed by atoms with van der Waals surface area (Å²) in [5.74, 6) is -2.28. The van der Waals surface area contributed by atoms with Crippen molar-refractivity contribution in [1.82, 2.24) is 20.1 Å². The number of thiazole rings is 1. The van der Waals surface area contributed by atoms with Gasteiger partial charge in [-0.15, -0.1) is 22.7 Å². The molecular weight excluding hydrogens is 841 g/mol. The van der Waals surface area contributed by atoms with Crippen LogP contribution in [0.25, 0.3) is 20.7 Å². The lowest BCUT2D eigenvalue weighted by atomic mass is 10.0. The average Bonchev–Trinajstić information content (AvgIpc) is 3.98. The van der Waals surface area contributed by atoms with Gasteiger partial charge in [-0.05, 0) is 78.4 Å². The highest BCUT2D eigenvalue weighted by molar-refractivity contribution is 7.52. The van der Waals surface area contributed by atoms with E-state index in [1.165, 1.54) is 50.3 Å². The third kappa shape index (κ3) is 9.71. The van der Waals surface area contributed by atoms with E-state index in [4.69, 9.17) is 0 Å². The van der Waals surface area contributed by atoms with Gasteiger partial charge in [0.25, 0.3) is 5.91 Å². The molecule has 59 heavy (non-hydrogen) atoms. The fourth-order valence-corrected chi connectivity index (χ4v) is 8.69. The molecule has 2 atom stereocenters. The van der Waals surface area contributed by atoms with E-state index in [-0.39, 0.29) is 54.1 Å². The lowest BCUT2D eigenvalue weighted by molar-refractivity contribution is -0.139. The molecule has 0 saturated carbocycles. The summed E-state index contributed by atoms with van der Waals surface area (Å²) >= 11 is 2.28. The number of carbonyl (C=O) groups is 4. The monoisotopic (exact) mass is 877 g/mol. The van der Waals surface area contributed by atoms with Crippen molar-refractivity contribution in [1.29, 1.82) is 0 Å². The Labute approximate surface area is 342 Å². The SMILES string of the molecule is CN(C)C(=O)CCN(C(=O)C1CCCN1C(=O)C(Cc1ccc(C(F)(F)F)cc1)NC(=O)c1cc2cc(C(F)(F)P(=O)(O)O)ccc2s1)c1ccc(-c2nccs2)cc1. The minimum Gasteiger partial charge on any atom is -0.349 e. The van der Waals surface area contributed by atoms with Gasteiger partial charge in [0.2, 0.25) is 17.7 Å². The fourth-order valence-electron chi connectivity index (χ4n) is 6.62. The zero-order chi connectivity index (χ0) is 42.9. The highest BCUT2D eigenvalue weighted by atomic mass is 32.1. The van der Waals surface area contributed by atoms with Crippen molar-refractivity contribution in [3.8, 4) is 10.6 Å². The van der Waals surface area contributed by atoms with Crippen molar-refractivity contribution in [2.75, 3.05) is 32.1 Å². The second-order valence-corrected chi connectivity index (χ2v) is 17.6. The number of benzene rings is 3. The highest BCUT2D eigenvalue weighted by Crippen LogP contribution is 2.59. The number of amides is 4. The van der Waals surface area contributed by atoms with E-state index in [2.05, 4.69) is 10.3 Å². The zero-order valence-corrected chi connectivity index (χ0v) is 33.9. The summed E-state index contributed by atoms with van der Waals surface area (Å²) in [7, 11) is -2.72. The van der Waals surface area contributed by atoms with Crippen molar-refractivity contribution in [3.05, 3.63) is 106 Å². The van der Waals surface area contributed by atoms with Gasteiger partial charge in [0, 0.05) is 73.1 Å². The molecule has 1 aliphatic rings. The van der Waals surface area contributed by atoms with Crippen molar-refractivity contribution >= 4 is 69.7 Å². The first-order chi connectivity index (χ1) is 27.7. The lowest BCUT2D eigenvalue weighted by Crippen LogP contribution is -2.55. The number of aromatic nitrogens is 1. The number of fused-ring (bicyclic) bond motifs is 1. The molecule has 0 aliphatic carbocycles. The first kappa shape index (κ1) is 43.5. The molecule has 5 aromatic rings. The molecule has 3 N–H and O–H groups in total. The third-order valence-electron chi connectivity index (χ3n) is 9.77. The first-order valence-corrected chi connectivity index (χ1v) is 21.3. The van der Waals surface area contributed by atoms with Gasteiger partial charge >= 0.3 is 19.4 Å². The zero-order valence-electron chi connectivity index (χ0n) is 31.4. The molecule has 312 valence electrons. The molecule has 12 nitrogen and oxygen atoms in total. The number of nitrogens with zero attached hydrogens (tertiary/aromatic N) is 4. The Hall–Kier alpha value is -5.07. The molecule has 0 spiro atoms. The van der Waals surface area contributed by atoms with E-state index in [9.17, 15) is 55.5 Å². The quantitative estimate of drug-likeness (QED) is 0.0834. The first-order valence-electron chi connectivity index (χ1n) is 18.0. The van der Waals surface area contributed by atoms with E-state index in [1.54, 1.807) is 44.6 Å². The number of nitrogens with one attached hydrogen (secondary N) is 1. The topological polar surface area (TPSA) is 160 Å². The second kappa shape index (κ2) is 17.3. The summed E-state index contributed by atoms with van der Waals surface area (Å²) in [4.78, 5) is 82.2. The molecule has 0 bridgehead atoms. The highest BCUT2D eigenvalue weighted by Gasteiger charge is 2.50. The van der Waals surface area contributed by atoms with Gasteiger partial charge < -0.3 is 29.8 Å². The summed E-state index contributed by atoms with van der Waals surface area (Å²) in [5.41, 5.74) is -4.89. The Bertz CT molecular complexity index is 2390. The van der Waals surface area contributed by atoms with Crippen LogP contribution in [0, 0.1) is 0 Å². The Morgan fingerprint density at radius 3 is 2.25 bits per heavy atom. The summed E-state index contributed by atoms with van der Waals surface area (Å²) in [6, 6.07) is 12.6. The van der Waals surface area contributed by atoms with E-state index < -0.39 is 60.4 Å². The maximum absolute atomic E-state index is 14.5. The largest absolute Gasteiger partial charge is 0.416 e. The summed E-state index contributed by atoms with van der Waals surface area (Å²) in [6.45, 7) is 0.0754. The Morgan fingerprint density at radius 2 is 1.64 bits per heavy atom. The minimum atomic E-state index is -5.89. The van der Waals surface area contributed by atoms with Gasteiger partial charge in [0.15, 0.2) is 0 Å². The minimum absolute atomic E-state index is 0.0234. The number of likely N-dealkylation sites (tertiary alicyclic amines) is 1. The number of alkyl halides is 5. The number of hydrogen-bond donors (Lipinski definition) is 3. The van der Waals surface area contributed by atoms with Crippen molar-refractivity contribution < 1.29 is 55.5 Å². The Kier molecular flexibility index (Phi) is 12.7. The number of rotatable bonds is 13. The van der Waals surface area contributed by atoms with Crippen LogP contribution in [0.4, 0.5) is 27.6 Å². The van der Waals surface area contributed by atoms with Crippen LogP contribution in [0.3, 0.4) is 0 Å². The van der Waals surface area contributed by atoms with Crippen LogP contribution >= 0.6 is 30.3 Å². The molecule has 1 aliphatic heterocycles. The van der Waals surface area contributed by atoms with Gasteiger partial charge in [-0.1, -0.05) is 18.2 Å². The molecule has 2 aromatic heterocycles. The van der Waals surface area contributed by atoms with Gasteiger partial charge in [0.1, 0.15) is 17.1 Å². The summed E-state index contributed by atoms with van der Waals surface area (Å²) in [5, 5.41) is 5.28. The van der Waals surface area contributed by atoms with Crippen LogP contribution in [-0.2, 0) is 37.2 Å². The van der Waals surface area contributed by atoms with Gasteiger partial charge in [-0.3, -0.25) is 23.7 Å². The second-order valence-electron chi connectivity index (χ2n) is 14.0. The van der Waals surface area contributed by atoms with Crippen LogP contribution in [0.1, 0.15) is 45.6 Å². The molecule has 1 fully saturated rings. The molecule has 20 heteroatoms. The molecule has 4 amide bonds. The molecule has 1 saturated heterocycles. The Balaban J connectivity index is 1.30. The number of halogens is 5. The predicted molar refractivity (Wildman–Crippen MR) is 212 cm³/mol. The normalized spacial score (nSPS) is 15.3. The molecule has 0 radical (unpaired) electrons. The number of thiophene rings is 1. The van der Waals surface area contributed by atoms with Crippen LogP contribution in [0.2, 0.25) is 0 Å². The summed E-state index contributed by atoms with van der Waals surface area (Å²) in [6.07, 6.45) is -2.66. The van der Waals surface area contributed by atoms with Crippen LogP contribution < -0.4 is 10.2 Å². The van der Waals surface area contributed by atoms with Crippen LogP contribution in [-0.4, -0.2) is 87.5 Å². The van der Waals surface area contributed by atoms with Gasteiger partial charge in [-0.25, -0.2) is 4.98 Å². The smallest absolute Gasteiger partial charge is 0.349 e. The number of hydrogen-bond acceptors (Lipinski definition) is 8. The number of carbonyl (C=O) groups excluding carboxylic acids is 4. The molecular formula is C39H37F5N5O7PS2. The summed E-state index contributed by atoms with van der Waals surface area (Å²) < 4.78 is 80.9. The molecule has 6 rings (SSSR count). The standard InChI is InChI=1S/C39H37F5N5O7PS2/c1-47(2)33(50)15-18-48(28-12-7-24(8-13-28)35-45-16-19-58-35)37(53)30-4-3-17-49(30)36(52)29(20-23-5-9-26(10-6-23)38(40,41)42)46-34(51)32-22-25-21-27(11-14-31(25)59-32)39(43,44)57(54,55)56/h5-14,16,19,21-22,29-30H,3-4,15,17-18,20H2,1-2H3,(H,46,51)(H2,54,55,56). The van der Waals surface area contributed by atoms with Crippen molar-refractivity contribution in [2.24, 2.45) is 0 Å². The fraction of sp³-hybridized carbons (Fsp3) is 0.308. The number of anilines is 1. The van der Waals surface area contributed by atoms with E-state index in [0.717, 1.165) is 46.2 Å². The van der Waals surface area contributed by atoms with E-state index in [0.29, 0.717) is 16.8 Å². The maximum Gasteiger partial charge on any atom is 0.416 e. The van der Waals surface area contributed by atoms with E-state index >= 15 is 0 Å². The predicted octanol–water partition coefficient (Wildman–Crippen LogP) is 7.11. The maximum atomic E-state index is 14.5. The van der Waals surface area contributed by atoms with Gasteiger partial charge in [0.05, 0.1) is 10.4 Å². The molecule has 3 heterocycles. The molecule has 2 unspecified atom stereocenters. The average molecular weight is 878 g/mol. The van der Waals surface area contributed by atoms with Crippen molar-refractivity contribution in [3.63, 3.8) is 0 Å². The van der Waals surface area contributed by atoms with Gasteiger partial charge in [-0.2, -0.15) is 22.0 Å². The van der Waals surface area contributed by atoms with Crippen molar-refractivity contribution in [2.45, 2.75) is 49.6 Å². The van der Waals surface area contributed by atoms with E-state index in [1.807, 2.05) is 5.38 Å². The van der Waals surface area contributed by atoms with Crippen LogP contribution in [0.15, 0.2) is 84.4 Å². The Morgan fingerprint density at radius 1 is 0.966 bits per heavy atom.